The predicted octanol–water partition coefficient (Wildman–Crippen LogP) is 5.30. The van der Waals surface area contributed by atoms with Crippen molar-refractivity contribution in [3.05, 3.63) is 78.6 Å². The molecule has 150 valence electrons. The van der Waals surface area contributed by atoms with Gasteiger partial charge in [0.15, 0.2) is 5.13 Å². The van der Waals surface area contributed by atoms with Gasteiger partial charge in [0.2, 0.25) is 5.91 Å². The lowest BCUT2D eigenvalue weighted by Crippen LogP contribution is -2.52. The second-order valence-electron chi connectivity index (χ2n) is 7.14. The van der Waals surface area contributed by atoms with Gasteiger partial charge in [-0.05, 0) is 54.6 Å². The number of carbonyl (C=O) groups is 1. The number of thiazole rings is 1. The first kappa shape index (κ1) is 18.6. The highest BCUT2D eigenvalue weighted by Gasteiger charge is 2.34. The number of anilines is 2. The van der Waals surface area contributed by atoms with E-state index in [2.05, 4.69) is 10.3 Å². The largest absolute Gasteiger partial charge is 0.457 e. The average Bonchev–Trinajstić information content (AvgIpc) is 3.11. The van der Waals surface area contributed by atoms with Gasteiger partial charge in [-0.2, -0.15) is 0 Å². The molecular formula is C23H18FN3O2S. The van der Waals surface area contributed by atoms with Gasteiger partial charge in [-0.3, -0.25) is 4.79 Å². The molecule has 2 heterocycles. The number of nitrogens with one attached hydrogen (secondary N) is 1. The average molecular weight is 419 g/mol. The number of halogens is 1. The lowest BCUT2D eigenvalue weighted by molar-refractivity contribution is -0.120. The molecule has 0 spiro atoms. The fraction of sp³-hybridized carbons (Fsp3) is 0.130. The zero-order valence-corrected chi connectivity index (χ0v) is 16.7. The SMILES string of the molecule is O=C(Nc1ccc(Oc2ccccc2)cc1)C1CN(c2nc3ccc(F)cc3s2)C1. The van der Waals surface area contributed by atoms with Crippen LogP contribution in [0.25, 0.3) is 10.2 Å². The first-order chi connectivity index (χ1) is 14.6. The van der Waals surface area contributed by atoms with Crippen LogP contribution in [0.4, 0.5) is 15.2 Å². The molecule has 1 amide bonds. The number of hydrogen-bond donors (Lipinski definition) is 1. The van der Waals surface area contributed by atoms with E-state index in [0.29, 0.717) is 18.8 Å². The highest BCUT2D eigenvalue weighted by atomic mass is 32.1. The lowest BCUT2D eigenvalue weighted by atomic mass is 10.00. The number of para-hydroxylation sites is 1. The highest BCUT2D eigenvalue weighted by Crippen LogP contribution is 2.33. The van der Waals surface area contributed by atoms with Gasteiger partial charge in [0.25, 0.3) is 0 Å². The van der Waals surface area contributed by atoms with Crippen LogP contribution < -0.4 is 15.0 Å². The Bertz CT molecular complexity index is 1190. The number of nitrogens with zero attached hydrogens (tertiary/aromatic N) is 2. The Hall–Kier alpha value is -3.45. The molecule has 0 bridgehead atoms. The number of rotatable bonds is 5. The van der Waals surface area contributed by atoms with E-state index in [1.54, 1.807) is 6.07 Å². The molecular weight excluding hydrogens is 401 g/mol. The Morgan fingerprint density at radius 2 is 1.77 bits per heavy atom. The monoisotopic (exact) mass is 419 g/mol. The van der Waals surface area contributed by atoms with Crippen molar-refractivity contribution in [1.82, 2.24) is 4.98 Å². The van der Waals surface area contributed by atoms with Gasteiger partial charge < -0.3 is 15.0 Å². The predicted molar refractivity (Wildman–Crippen MR) is 117 cm³/mol. The molecule has 7 heteroatoms. The molecule has 0 atom stereocenters. The molecule has 0 saturated carbocycles. The third kappa shape index (κ3) is 3.84. The minimum atomic E-state index is -0.265. The smallest absolute Gasteiger partial charge is 0.231 e. The van der Waals surface area contributed by atoms with Crippen LogP contribution in [0.5, 0.6) is 11.5 Å². The number of carbonyl (C=O) groups excluding carboxylic acids is 1. The van der Waals surface area contributed by atoms with Gasteiger partial charge in [0, 0.05) is 18.8 Å². The normalized spacial score (nSPS) is 13.8. The van der Waals surface area contributed by atoms with E-state index in [1.165, 1.54) is 23.5 Å². The molecule has 1 saturated heterocycles. The maximum Gasteiger partial charge on any atom is 0.231 e. The molecule has 5 nitrogen and oxygen atoms in total. The molecule has 0 radical (unpaired) electrons. The third-order valence-corrected chi connectivity index (χ3v) is 6.04. The van der Waals surface area contributed by atoms with Crippen molar-refractivity contribution in [2.24, 2.45) is 5.92 Å². The molecule has 30 heavy (non-hydrogen) atoms. The number of aromatic nitrogens is 1. The topological polar surface area (TPSA) is 54.5 Å². The molecule has 1 aromatic heterocycles. The van der Waals surface area contributed by atoms with Crippen molar-refractivity contribution in [2.75, 3.05) is 23.3 Å². The van der Waals surface area contributed by atoms with Gasteiger partial charge in [-0.1, -0.05) is 29.5 Å². The number of fused-ring (bicyclic) bond motifs is 1. The second kappa shape index (κ2) is 7.76. The molecule has 1 N–H and O–H groups in total. The van der Waals surface area contributed by atoms with Crippen molar-refractivity contribution in [1.29, 1.82) is 0 Å². The number of benzene rings is 3. The van der Waals surface area contributed by atoms with Crippen molar-refractivity contribution >= 4 is 38.3 Å². The zero-order chi connectivity index (χ0) is 20.5. The Balaban J connectivity index is 1.16. The van der Waals surface area contributed by atoms with Gasteiger partial charge in [-0.25, -0.2) is 9.37 Å². The molecule has 1 fully saturated rings. The standard InChI is InChI=1S/C23H18FN3O2S/c24-16-6-11-20-21(12-16)30-23(26-20)27-13-15(14-27)22(28)25-17-7-9-19(10-8-17)29-18-4-2-1-3-5-18/h1-12,15H,13-14H2,(H,25,28). The van der Waals surface area contributed by atoms with Crippen LogP contribution in [-0.4, -0.2) is 24.0 Å². The molecule has 0 aliphatic carbocycles. The molecule has 3 aromatic carbocycles. The molecule has 4 aromatic rings. The molecule has 1 aliphatic heterocycles. The summed E-state index contributed by atoms with van der Waals surface area (Å²) in [6.07, 6.45) is 0. The molecule has 1 aliphatic rings. The van der Waals surface area contributed by atoms with Crippen LogP contribution in [0.1, 0.15) is 0 Å². The summed E-state index contributed by atoms with van der Waals surface area (Å²) in [5, 5.41) is 3.77. The number of ether oxygens (including phenoxy) is 1. The second-order valence-corrected chi connectivity index (χ2v) is 8.15. The molecule has 5 rings (SSSR count). The van der Waals surface area contributed by atoms with E-state index in [-0.39, 0.29) is 17.6 Å². The lowest BCUT2D eigenvalue weighted by Gasteiger charge is -2.37. The van der Waals surface area contributed by atoms with Crippen LogP contribution in [-0.2, 0) is 4.79 Å². The summed E-state index contributed by atoms with van der Waals surface area (Å²) in [6, 6.07) is 21.4. The fourth-order valence-corrected chi connectivity index (χ4v) is 4.31. The summed E-state index contributed by atoms with van der Waals surface area (Å²) in [5.41, 5.74) is 1.51. The van der Waals surface area contributed by atoms with Crippen molar-refractivity contribution < 1.29 is 13.9 Å². The van der Waals surface area contributed by atoms with Crippen molar-refractivity contribution in [3.63, 3.8) is 0 Å². The van der Waals surface area contributed by atoms with E-state index in [4.69, 9.17) is 4.74 Å². The Morgan fingerprint density at radius 3 is 2.53 bits per heavy atom. The summed E-state index contributed by atoms with van der Waals surface area (Å²) in [5.74, 6) is 1.09. The van der Waals surface area contributed by atoms with Gasteiger partial charge >= 0.3 is 0 Å². The summed E-state index contributed by atoms with van der Waals surface area (Å²) >= 11 is 1.44. The quantitative estimate of drug-likeness (QED) is 0.477. The summed E-state index contributed by atoms with van der Waals surface area (Å²) in [4.78, 5) is 19.1. The maximum atomic E-state index is 13.4. The van der Waals surface area contributed by atoms with Gasteiger partial charge in [-0.15, -0.1) is 0 Å². The van der Waals surface area contributed by atoms with Crippen LogP contribution in [0.3, 0.4) is 0 Å². The number of amides is 1. The van der Waals surface area contributed by atoms with Crippen molar-refractivity contribution in [2.45, 2.75) is 0 Å². The maximum absolute atomic E-state index is 13.4. The van der Waals surface area contributed by atoms with E-state index >= 15 is 0 Å². The zero-order valence-electron chi connectivity index (χ0n) is 15.9. The van der Waals surface area contributed by atoms with Crippen LogP contribution in [0.2, 0.25) is 0 Å². The van der Waals surface area contributed by atoms with Crippen LogP contribution in [0.15, 0.2) is 72.8 Å². The Kier molecular flexibility index (Phi) is 4.80. The first-order valence-electron chi connectivity index (χ1n) is 9.59. The minimum absolute atomic E-state index is 0.0184. The third-order valence-electron chi connectivity index (χ3n) is 4.96. The van der Waals surface area contributed by atoms with Crippen LogP contribution in [0, 0.1) is 11.7 Å². The van der Waals surface area contributed by atoms with Crippen LogP contribution >= 0.6 is 11.3 Å². The minimum Gasteiger partial charge on any atom is -0.457 e. The summed E-state index contributed by atoms with van der Waals surface area (Å²) < 4.78 is 19.9. The Morgan fingerprint density at radius 1 is 1.03 bits per heavy atom. The Labute approximate surface area is 176 Å². The molecule has 0 unspecified atom stereocenters. The van der Waals surface area contributed by atoms with Crippen molar-refractivity contribution in [3.8, 4) is 11.5 Å². The summed E-state index contributed by atoms with van der Waals surface area (Å²) in [7, 11) is 0. The van der Waals surface area contributed by atoms with Gasteiger partial charge in [0.1, 0.15) is 17.3 Å². The fourth-order valence-electron chi connectivity index (χ4n) is 3.30. The van der Waals surface area contributed by atoms with E-state index < -0.39 is 0 Å². The highest BCUT2D eigenvalue weighted by molar-refractivity contribution is 7.22. The van der Waals surface area contributed by atoms with E-state index in [0.717, 1.165) is 26.8 Å². The first-order valence-corrected chi connectivity index (χ1v) is 10.4. The van der Waals surface area contributed by atoms with E-state index in [9.17, 15) is 9.18 Å². The summed E-state index contributed by atoms with van der Waals surface area (Å²) in [6.45, 7) is 1.20. The number of hydrogen-bond acceptors (Lipinski definition) is 5. The van der Waals surface area contributed by atoms with E-state index in [1.807, 2.05) is 59.5 Å². The van der Waals surface area contributed by atoms with Gasteiger partial charge in [0.05, 0.1) is 16.1 Å².